The van der Waals surface area contributed by atoms with E-state index in [2.05, 4.69) is 15.9 Å². The average molecular weight is 262 g/mol. The van der Waals surface area contributed by atoms with Crippen molar-refractivity contribution in [2.45, 2.75) is 0 Å². The first-order valence-corrected chi connectivity index (χ1v) is 4.54. The molecule has 0 aliphatic heterocycles. The summed E-state index contributed by atoms with van der Waals surface area (Å²) in [4.78, 5) is 9.73. The van der Waals surface area contributed by atoms with E-state index in [-0.39, 0.29) is 4.61 Å². The van der Waals surface area contributed by atoms with E-state index in [9.17, 15) is 10.1 Å². The molecule has 0 amide bonds. The predicted octanol–water partition coefficient (Wildman–Crippen LogP) is 3.31. The Balaban J connectivity index is 2.92. The molecular formula is C8H5BrClNO2. The van der Waals surface area contributed by atoms with Gasteiger partial charge in [0.25, 0.3) is 0 Å². The Kier molecular flexibility index (Phi) is 3.45. The zero-order valence-corrected chi connectivity index (χ0v) is 8.75. The number of nitrogens with zero attached hydrogens (tertiary/aromatic N) is 1. The molecule has 0 radical (unpaired) electrons. The van der Waals surface area contributed by atoms with Crippen molar-refractivity contribution in [1.29, 1.82) is 0 Å². The van der Waals surface area contributed by atoms with Crippen LogP contribution in [-0.2, 0) is 0 Å². The lowest BCUT2D eigenvalue weighted by atomic mass is 10.2. The molecule has 0 aliphatic rings. The third-order valence-electron chi connectivity index (χ3n) is 1.33. The molecular weight excluding hydrogens is 257 g/mol. The summed E-state index contributed by atoms with van der Waals surface area (Å²) in [6.45, 7) is 0. The summed E-state index contributed by atoms with van der Waals surface area (Å²) in [6.07, 6.45) is 1.41. The van der Waals surface area contributed by atoms with Crippen LogP contribution in [-0.4, -0.2) is 4.92 Å². The van der Waals surface area contributed by atoms with E-state index in [1.165, 1.54) is 6.08 Å². The van der Waals surface area contributed by atoms with Crippen LogP contribution in [0, 0.1) is 10.1 Å². The molecule has 0 atom stereocenters. The molecule has 0 fully saturated rings. The molecule has 0 saturated carbocycles. The topological polar surface area (TPSA) is 43.1 Å². The third-order valence-corrected chi connectivity index (χ3v) is 2.10. The zero-order valence-electron chi connectivity index (χ0n) is 6.41. The van der Waals surface area contributed by atoms with E-state index in [0.717, 1.165) is 5.56 Å². The standard InChI is InChI=1S/C8H5BrClNO2/c9-8(11(12)13)5-6-1-3-7(10)4-2-6/h1-5H. The molecule has 0 aromatic heterocycles. The molecule has 1 aromatic rings. The minimum absolute atomic E-state index is 0.0742. The highest BCUT2D eigenvalue weighted by Gasteiger charge is 2.03. The molecule has 0 heterocycles. The monoisotopic (exact) mass is 261 g/mol. The molecule has 0 saturated heterocycles. The molecule has 0 spiro atoms. The lowest BCUT2D eigenvalue weighted by Crippen LogP contribution is -1.89. The van der Waals surface area contributed by atoms with Crippen molar-refractivity contribution >= 4 is 33.6 Å². The summed E-state index contributed by atoms with van der Waals surface area (Å²) in [5, 5.41) is 10.8. The van der Waals surface area contributed by atoms with Gasteiger partial charge in [0.15, 0.2) is 0 Å². The molecule has 68 valence electrons. The SMILES string of the molecule is O=[N+]([O-])C(Br)=Cc1ccc(Cl)cc1. The smallest absolute Gasteiger partial charge is 0.258 e. The quantitative estimate of drug-likeness (QED) is 0.466. The van der Waals surface area contributed by atoms with Crippen LogP contribution in [0.25, 0.3) is 6.08 Å². The number of hydrogen-bond acceptors (Lipinski definition) is 2. The highest BCUT2D eigenvalue weighted by atomic mass is 79.9. The number of hydrogen-bond donors (Lipinski definition) is 0. The maximum absolute atomic E-state index is 10.2. The summed E-state index contributed by atoms with van der Waals surface area (Å²) in [5.41, 5.74) is 0.730. The number of halogens is 2. The fourth-order valence-electron chi connectivity index (χ4n) is 0.749. The number of benzene rings is 1. The summed E-state index contributed by atoms with van der Waals surface area (Å²) < 4.78 is -0.0742. The van der Waals surface area contributed by atoms with Gasteiger partial charge in [0.05, 0.1) is 4.92 Å². The summed E-state index contributed by atoms with van der Waals surface area (Å²) in [7, 11) is 0. The molecule has 13 heavy (non-hydrogen) atoms. The molecule has 3 nitrogen and oxygen atoms in total. The summed E-state index contributed by atoms with van der Waals surface area (Å²) >= 11 is 8.47. The largest absolute Gasteiger partial charge is 0.311 e. The highest BCUT2D eigenvalue weighted by Crippen LogP contribution is 2.15. The van der Waals surface area contributed by atoms with Crippen molar-refractivity contribution in [3.05, 3.63) is 49.6 Å². The van der Waals surface area contributed by atoms with E-state index < -0.39 is 4.92 Å². The normalized spacial score (nSPS) is 11.4. The minimum atomic E-state index is -0.505. The van der Waals surface area contributed by atoms with Crippen LogP contribution in [0.4, 0.5) is 0 Å². The molecule has 0 N–H and O–H groups in total. The Morgan fingerprint density at radius 1 is 1.46 bits per heavy atom. The first-order chi connectivity index (χ1) is 6.09. The van der Waals surface area contributed by atoms with Crippen molar-refractivity contribution in [2.24, 2.45) is 0 Å². The molecule has 1 aromatic carbocycles. The maximum atomic E-state index is 10.2. The molecule has 0 bridgehead atoms. The third kappa shape index (κ3) is 3.16. The number of rotatable bonds is 2. The fraction of sp³-hybridized carbons (Fsp3) is 0. The van der Waals surface area contributed by atoms with Crippen molar-refractivity contribution in [3.8, 4) is 0 Å². The van der Waals surface area contributed by atoms with Gasteiger partial charge in [-0.25, -0.2) is 0 Å². The van der Waals surface area contributed by atoms with Crippen LogP contribution in [0.2, 0.25) is 5.02 Å². The van der Waals surface area contributed by atoms with Gasteiger partial charge in [-0.3, -0.25) is 10.1 Å². The molecule has 0 aliphatic carbocycles. The van der Waals surface area contributed by atoms with Crippen LogP contribution < -0.4 is 0 Å². The maximum Gasteiger partial charge on any atom is 0.311 e. The van der Waals surface area contributed by atoms with E-state index >= 15 is 0 Å². The zero-order chi connectivity index (χ0) is 9.84. The Bertz CT molecular complexity index is 348. The van der Waals surface area contributed by atoms with Crippen molar-refractivity contribution in [1.82, 2.24) is 0 Å². The van der Waals surface area contributed by atoms with Gasteiger partial charge in [-0.2, -0.15) is 0 Å². The van der Waals surface area contributed by atoms with E-state index in [0.29, 0.717) is 5.02 Å². The minimum Gasteiger partial charge on any atom is -0.258 e. The van der Waals surface area contributed by atoms with Crippen molar-refractivity contribution in [3.63, 3.8) is 0 Å². The van der Waals surface area contributed by atoms with Gasteiger partial charge in [0, 0.05) is 27.0 Å². The summed E-state index contributed by atoms with van der Waals surface area (Å²) in [6, 6.07) is 6.75. The Morgan fingerprint density at radius 2 is 2.00 bits per heavy atom. The van der Waals surface area contributed by atoms with Gasteiger partial charge in [-0.15, -0.1) is 0 Å². The molecule has 5 heteroatoms. The number of nitro groups is 1. The average Bonchev–Trinajstić information content (AvgIpc) is 2.08. The van der Waals surface area contributed by atoms with Crippen molar-refractivity contribution in [2.75, 3.05) is 0 Å². The van der Waals surface area contributed by atoms with Gasteiger partial charge in [0.1, 0.15) is 0 Å². The van der Waals surface area contributed by atoms with E-state index in [1.807, 2.05) is 0 Å². The second-order valence-electron chi connectivity index (χ2n) is 2.28. The van der Waals surface area contributed by atoms with Crippen LogP contribution in [0.1, 0.15) is 5.56 Å². The lowest BCUT2D eigenvalue weighted by molar-refractivity contribution is -0.407. The van der Waals surface area contributed by atoms with Gasteiger partial charge in [-0.1, -0.05) is 23.7 Å². The summed E-state index contributed by atoms with van der Waals surface area (Å²) in [5.74, 6) is 0. The first kappa shape index (κ1) is 10.2. The second kappa shape index (κ2) is 4.39. The lowest BCUT2D eigenvalue weighted by Gasteiger charge is -1.92. The Labute approximate surface area is 88.3 Å². The van der Waals surface area contributed by atoms with Gasteiger partial charge < -0.3 is 0 Å². The van der Waals surface area contributed by atoms with E-state index in [4.69, 9.17) is 11.6 Å². The molecule has 1 rings (SSSR count). The predicted molar refractivity (Wildman–Crippen MR) is 55.4 cm³/mol. The van der Waals surface area contributed by atoms with Crippen LogP contribution in [0.5, 0.6) is 0 Å². The van der Waals surface area contributed by atoms with Gasteiger partial charge in [0.2, 0.25) is 0 Å². The fourth-order valence-corrected chi connectivity index (χ4v) is 1.14. The van der Waals surface area contributed by atoms with Gasteiger partial charge >= 0.3 is 4.61 Å². The second-order valence-corrected chi connectivity index (χ2v) is 3.52. The van der Waals surface area contributed by atoms with Crippen molar-refractivity contribution < 1.29 is 4.92 Å². The first-order valence-electron chi connectivity index (χ1n) is 3.37. The van der Waals surface area contributed by atoms with Crippen LogP contribution in [0.15, 0.2) is 28.9 Å². The van der Waals surface area contributed by atoms with Crippen LogP contribution in [0.3, 0.4) is 0 Å². The van der Waals surface area contributed by atoms with E-state index in [1.54, 1.807) is 24.3 Å². The van der Waals surface area contributed by atoms with Gasteiger partial charge in [-0.05, 0) is 17.7 Å². The molecule has 0 unspecified atom stereocenters. The highest BCUT2D eigenvalue weighted by molar-refractivity contribution is 9.11. The Hall–Kier alpha value is -0.870. The van der Waals surface area contributed by atoms with Crippen LogP contribution >= 0.6 is 27.5 Å². The Morgan fingerprint density at radius 3 is 2.46 bits per heavy atom.